The molecule has 2 N–H and O–H groups in total. The zero-order valence-corrected chi connectivity index (χ0v) is 11.2. The van der Waals surface area contributed by atoms with Gasteiger partial charge in [-0.25, -0.2) is 0 Å². The molecule has 2 aromatic rings. The van der Waals surface area contributed by atoms with Crippen LogP contribution in [0.15, 0.2) is 36.4 Å². The summed E-state index contributed by atoms with van der Waals surface area (Å²) in [7, 11) is 1.54. The minimum atomic E-state index is 0.137. The van der Waals surface area contributed by atoms with Gasteiger partial charge in [-0.3, -0.25) is 0 Å². The van der Waals surface area contributed by atoms with E-state index in [0.29, 0.717) is 12.4 Å². The third-order valence-corrected chi connectivity index (χ3v) is 3.63. The Hall–Kier alpha value is -2.36. The normalized spacial score (nSPS) is 17.1. The molecule has 1 unspecified atom stereocenters. The molecule has 104 valence electrons. The van der Waals surface area contributed by atoms with Crippen molar-refractivity contribution in [3.8, 4) is 23.0 Å². The molecule has 1 heterocycles. The number of hydrogen-bond acceptors (Lipinski definition) is 4. The molecule has 1 aliphatic heterocycles. The average Bonchev–Trinajstić information content (AvgIpc) is 2.47. The van der Waals surface area contributed by atoms with E-state index in [-0.39, 0.29) is 17.4 Å². The van der Waals surface area contributed by atoms with Gasteiger partial charge in [-0.15, -0.1) is 0 Å². The fourth-order valence-corrected chi connectivity index (χ4v) is 2.52. The van der Waals surface area contributed by atoms with Crippen LogP contribution in [0.3, 0.4) is 0 Å². The van der Waals surface area contributed by atoms with E-state index in [2.05, 4.69) is 0 Å². The maximum atomic E-state index is 9.64. The van der Waals surface area contributed by atoms with Crippen LogP contribution in [0.2, 0.25) is 0 Å². The summed E-state index contributed by atoms with van der Waals surface area (Å²) in [5.41, 5.74) is 2.14. The predicted octanol–water partition coefficient (Wildman–Crippen LogP) is 2.83. The van der Waals surface area contributed by atoms with E-state index in [1.54, 1.807) is 18.2 Å². The molecule has 2 aromatic carbocycles. The quantitative estimate of drug-likeness (QED) is 0.882. The Balaban J connectivity index is 1.88. The lowest BCUT2D eigenvalue weighted by Gasteiger charge is -2.26. The molecule has 0 saturated carbocycles. The maximum Gasteiger partial charge on any atom is 0.160 e. The fraction of sp³-hybridized carbons (Fsp3) is 0.250. The Morgan fingerprint density at radius 2 is 2.00 bits per heavy atom. The Bertz CT molecular complexity index is 636. The van der Waals surface area contributed by atoms with Crippen LogP contribution < -0.4 is 9.47 Å². The van der Waals surface area contributed by atoms with E-state index in [1.807, 2.05) is 18.2 Å². The molecule has 4 nitrogen and oxygen atoms in total. The van der Waals surface area contributed by atoms with Gasteiger partial charge in [0.05, 0.1) is 13.7 Å². The molecular weight excluding hydrogens is 256 g/mol. The van der Waals surface area contributed by atoms with E-state index in [9.17, 15) is 10.2 Å². The molecule has 4 heteroatoms. The Morgan fingerprint density at radius 1 is 1.15 bits per heavy atom. The fourth-order valence-electron chi connectivity index (χ4n) is 2.52. The number of methoxy groups -OCH3 is 1. The number of hydrogen-bond donors (Lipinski definition) is 2. The topological polar surface area (TPSA) is 58.9 Å². The highest BCUT2D eigenvalue weighted by Crippen LogP contribution is 2.37. The zero-order chi connectivity index (χ0) is 14.1. The SMILES string of the molecule is COc1cc(C2COc3cc(O)ccc3C2)ccc1O. The molecule has 3 rings (SSSR count). The van der Waals surface area contributed by atoms with Crippen molar-refractivity contribution in [2.75, 3.05) is 13.7 Å². The highest BCUT2D eigenvalue weighted by molar-refractivity contribution is 5.46. The zero-order valence-electron chi connectivity index (χ0n) is 11.2. The van der Waals surface area contributed by atoms with Crippen molar-refractivity contribution < 1.29 is 19.7 Å². The summed E-state index contributed by atoms with van der Waals surface area (Å²) in [5, 5.41) is 19.1. The van der Waals surface area contributed by atoms with Crippen LogP contribution in [0.4, 0.5) is 0 Å². The molecule has 0 amide bonds. The predicted molar refractivity (Wildman–Crippen MR) is 74.7 cm³/mol. The lowest BCUT2D eigenvalue weighted by atomic mass is 9.90. The number of phenolic OH excluding ortho intramolecular Hbond substituents is 2. The summed E-state index contributed by atoms with van der Waals surface area (Å²) in [4.78, 5) is 0. The highest BCUT2D eigenvalue weighted by atomic mass is 16.5. The molecule has 0 radical (unpaired) electrons. The van der Waals surface area contributed by atoms with Crippen LogP contribution in [-0.4, -0.2) is 23.9 Å². The van der Waals surface area contributed by atoms with Crippen molar-refractivity contribution in [1.82, 2.24) is 0 Å². The molecule has 0 spiro atoms. The summed E-state index contributed by atoms with van der Waals surface area (Å²) >= 11 is 0. The second-order valence-electron chi connectivity index (χ2n) is 4.94. The van der Waals surface area contributed by atoms with Gasteiger partial charge in [0, 0.05) is 12.0 Å². The van der Waals surface area contributed by atoms with E-state index >= 15 is 0 Å². The second kappa shape index (κ2) is 4.96. The first kappa shape index (κ1) is 12.7. The first-order chi connectivity index (χ1) is 9.67. The largest absolute Gasteiger partial charge is 0.508 e. The summed E-state index contributed by atoms with van der Waals surface area (Å²) in [5.74, 6) is 1.78. The van der Waals surface area contributed by atoms with Crippen molar-refractivity contribution in [3.05, 3.63) is 47.5 Å². The third-order valence-electron chi connectivity index (χ3n) is 3.63. The molecule has 0 bridgehead atoms. The third kappa shape index (κ3) is 2.25. The van der Waals surface area contributed by atoms with Gasteiger partial charge in [0.2, 0.25) is 0 Å². The Labute approximate surface area is 117 Å². The molecule has 1 aliphatic rings. The molecule has 0 aliphatic carbocycles. The van der Waals surface area contributed by atoms with Crippen LogP contribution in [0.5, 0.6) is 23.0 Å². The van der Waals surface area contributed by atoms with Gasteiger partial charge in [0.25, 0.3) is 0 Å². The van der Waals surface area contributed by atoms with Crippen molar-refractivity contribution >= 4 is 0 Å². The molecule has 20 heavy (non-hydrogen) atoms. The van der Waals surface area contributed by atoms with E-state index in [1.165, 1.54) is 7.11 Å². The minimum absolute atomic E-state index is 0.137. The summed E-state index contributed by atoms with van der Waals surface area (Å²) < 4.78 is 10.8. The van der Waals surface area contributed by atoms with Gasteiger partial charge in [-0.1, -0.05) is 12.1 Å². The Kier molecular flexibility index (Phi) is 3.14. The number of phenols is 2. The lowest BCUT2D eigenvalue weighted by Crippen LogP contribution is -2.19. The molecule has 0 aromatic heterocycles. The van der Waals surface area contributed by atoms with Crippen LogP contribution >= 0.6 is 0 Å². The van der Waals surface area contributed by atoms with Crippen molar-refractivity contribution in [3.63, 3.8) is 0 Å². The first-order valence-corrected chi connectivity index (χ1v) is 6.49. The van der Waals surface area contributed by atoms with Crippen LogP contribution in [0.25, 0.3) is 0 Å². The van der Waals surface area contributed by atoms with Crippen LogP contribution in [0.1, 0.15) is 17.0 Å². The van der Waals surface area contributed by atoms with Gasteiger partial charge in [-0.2, -0.15) is 0 Å². The molecular formula is C16H16O4. The van der Waals surface area contributed by atoms with Crippen molar-refractivity contribution in [1.29, 1.82) is 0 Å². The van der Waals surface area contributed by atoms with Crippen molar-refractivity contribution in [2.45, 2.75) is 12.3 Å². The molecule has 0 saturated heterocycles. The van der Waals surface area contributed by atoms with Crippen LogP contribution in [-0.2, 0) is 6.42 Å². The van der Waals surface area contributed by atoms with E-state index < -0.39 is 0 Å². The lowest BCUT2D eigenvalue weighted by molar-refractivity contribution is 0.261. The highest BCUT2D eigenvalue weighted by Gasteiger charge is 2.22. The summed E-state index contributed by atoms with van der Waals surface area (Å²) in [6.45, 7) is 0.546. The smallest absolute Gasteiger partial charge is 0.160 e. The second-order valence-corrected chi connectivity index (χ2v) is 4.94. The number of rotatable bonds is 2. The van der Waals surface area contributed by atoms with E-state index in [0.717, 1.165) is 23.3 Å². The molecule has 0 fully saturated rings. The standard InChI is InChI=1S/C16H16O4/c1-19-16-7-10(3-5-14(16)18)12-6-11-2-4-13(17)8-15(11)20-9-12/h2-5,7-8,12,17-18H,6,9H2,1H3. The van der Waals surface area contributed by atoms with Gasteiger partial charge in [-0.05, 0) is 35.7 Å². The van der Waals surface area contributed by atoms with Crippen molar-refractivity contribution in [2.24, 2.45) is 0 Å². The number of fused-ring (bicyclic) bond motifs is 1. The monoisotopic (exact) mass is 272 g/mol. The first-order valence-electron chi connectivity index (χ1n) is 6.49. The molecule has 1 atom stereocenters. The van der Waals surface area contributed by atoms with E-state index in [4.69, 9.17) is 9.47 Å². The number of benzene rings is 2. The van der Waals surface area contributed by atoms with Gasteiger partial charge in [0.1, 0.15) is 11.5 Å². The van der Waals surface area contributed by atoms with Crippen LogP contribution in [0, 0.1) is 0 Å². The summed E-state index contributed by atoms with van der Waals surface area (Å²) in [6, 6.07) is 10.6. The van der Waals surface area contributed by atoms with Gasteiger partial charge in [0.15, 0.2) is 11.5 Å². The van der Waals surface area contributed by atoms with Gasteiger partial charge < -0.3 is 19.7 Å². The van der Waals surface area contributed by atoms with Gasteiger partial charge >= 0.3 is 0 Å². The maximum absolute atomic E-state index is 9.64. The number of ether oxygens (including phenoxy) is 2. The average molecular weight is 272 g/mol. The minimum Gasteiger partial charge on any atom is -0.508 e. The number of aromatic hydroxyl groups is 2. The summed E-state index contributed by atoms with van der Waals surface area (Å²) in [6.07, 6.45) is 0.837. The Morgan fingerprint density at radius 3 is 2.80 bits per heavy atom.